The first-order chi connectivity index (χ1) is 15.9. The molecule has 0 saturated carbocycles. The average molecular weight is 447 g/mol. The molecule has 2 aromatic heterocycles. The van der Waals surface area contributed by atoms with Crippen LogP contribution in [-0.2, 0) is 11.2 Å². The number of carbonyl (C=O) groups excluding carboxylic acids is 1. The number of nitrogens with one attached hydrogen (secondary N) is 1. The maximum Gasteiger partial charge on any atom is 0.270 e. The maximum absolute atomic E-state index is 13.6. The molecule has 0 aliphatic carbocycles. The van der Waals surface area contributed by atoms with E-state index in [4.69, 9.17) is 4.74 Å². The number of aromatic amines is 1. The van der Waals surface area contributed by atoms with Gasteiger partial charge in [-0.1, -0.05) is 12.1 Å². The van der Waals surface area contributed by atoms with Crippen LogP contribution in [-0.4, -0.2) is 40.5 Å². The Labute approximate surface area is 190 Å². The summed E-state index contributed by atoms with van der Waals surface area (Å²) in [5, 5.41) is 0.784. The molecule has 0 radical (unpaired) electrons. The van der Waals surface area contributed by atoms with Crippen molar-refractivity contribution in [3.63, 3.8) is 0 Å². The number of morpholine rings is 1. The standard InChI is InChI=1S/C26H23F2N3O2/c1-16-9-18(10-17-3-2-4-20(27)11-17)12-23(29-16)25-15-31(7-8-33-25)26(32)24-13-19-5-6-21(28)14-22(19)30-24/h2-6,9,11-14,25,30H,7-8,10,15H2,1H3. The van der Waals surface area contributed by atoms with Crippen molar-refractivity contribution in [1.82, 2.24) is 14.9 Å². The lowest BCUT2D eigenvalue weighted by molar-refractivity contribution is -0.0249. The molecule has 33 heavy (non-hydrogen) atoms. The maximum atomic E-state index is 13.6. The van der Waals surface area contributed by atoms with Crippen LogP contribution in [0.5, 0.6) is 0 Å². The van der Waals surface area contributed by atoms with Gasteiger partial charge in [0.25, 0.3) is 5.91 Å². The van der Waals surface area contributed by atoms with E-state index in [2.05, 4.69) is 9.97 Å². The number of halogens is 2. The van der Waals surface area contributed by atoms with E-state index in [1.165, 1.54) is 24.3 Å². The van der Waals surface area contributed by atoms with Crippen LogP contribution in [0.1, 0.15) is 39.1 Å². The Morgan fingerprint density at radius 1 is 1.09 bits per heavy atom. The van der Waals surface area contributed by atoms with Crippen LogP contribution in [0.2, 0.25) is 0 Å². The van der Waals surface area contributed by atoms with Crippen molar-refractivity contribution < 1.29 is 18.3 Å². The van der Waals surface area contributed by atoms with Crippen LogP contribution in [0.15, 0.2) is 60.7 Å². The minimum Gasteiger partial charge on any atom is -0.368 e. The lowest BCUT2D eigenvalue weighted by atomic mass is 10.0. The second-order valence-electron chi connectivity index (χ2n) is 8.37. The number of fused-ring (bicyclic) bond motifs is 1. The number of carbonyl (C=O) groups is 1. The van der Waals surface area contributed by atoms with Gasteiger partial charge in [-0.25, -0.2) is 8.78 Å². The first-order valence-electron chi connectivity index (χ1n) is 10.9. The van der Waals surface area contributed by atoms with E-state index >= 15 is 0 Å². The zero-order chi connectivity index (χ0) is 22.9. The molecule has 0 spiro atoms. The van der Waals surface area contributed by atoms with Crippen LogP contribution >= 0.6 is 0 Å². The number of rotatable bonds is 4. The summed E-state index contributed by atoms with van der Waals surface area (Å²) in [5.74, 6) is -0.773. The van der Waals surface area contributed by atoms with Crippen LogP contribution in [0, 0.1) is 18.6 Å². The smallest absolute Gasteiger partial charge is 0.270 e. The van der Waals surface area contributed by atoms with Gasteiger partial charge in [-0.05, 0) is 73.0 Å². The van der Waals surface area contributed by atoms with Gasteiger partial charge in [0.1, 0.15) is 23.4 Å². The Balaban J connectivity index is 1.35. The van der Waals surface area contributed by atoms with Crippen LogP contribution in [0.4, 0.5) is 8.78 Å². The number of aryl methyl sites for hydroxylation is 1. The molecule has 5 rings (SSSR count). The molecule has 1 fully saturated rings. The van der Waals surface area contributed by atoms with Crippen molar-refractivity contribution in [1.29, 1.82) is 0 Å². The Morgan fingerprint density at radius 3 is 2.79 bits per heavy atom. The number of pyridine rings is 1. The Kier molecular flexibility index (Phi) is 5.64. The number of nitrogens with zero attached hydrogens (tertiary/aromatic N) is 2. The number of aromatic nitrogens is 2. The molecule has 1 aliphatic heterocycles. The third kappa shape index (κ3) is 4.64. The number of hydrogen-bond donors (Lipinski definition) is 1. The van der Waals surface area contributed by atoms with E-state index in [0.717, 1.165) is 27.9 Å². The number of amides is 1. The predicted octanol–water partition coefficient (Wildman–Crippen LogP) is 4.95. The fourth-order valence-corrected chi connectivity index (χ4v) is 4.32. The van der Waals surface area contributed by atoms with Gasteiger partial charge in [0, 0.05) is 23.1 Å². The predicted molar refractivity (Wildman–Crippen MR) is 121 cm³/mol. The van der Waals surface area contributed by atoms with Gasteiger partial charge in [0.15, 0.2) is 0 Å². The lowest BCUT2D eigenvalue weighted by Crippen LogP contribution is -2.42. The SMILES string of the molecule is Cc1cc(Cc2cccc(F)c2)cc(C2CN(C(=O)c3cc4ccc(F)cc4[nH]3)CCO2)n1. The molecule has 1 aliphatic rings. The molecule has 168 valence electrons. The van der Waals surface area contributed by atoms with E-state index < -0.39 is 0 Å². The van der Waals surface area contributed by atoms with Crippen molar-refractivity contribution in [2.75, 3.05) is 19.7 Å². The number of hydrogen-bond acceptors (Lipinski definition) is 3. The van der Waals surface area contributed by atoms with Crippen LogP contribution in [0.3, 0.4) is 0 Å². The molecule has 2 aromatic carbocycles. The molecule has 0 bridgehead atoms. The Morgan fingerprint density at radius 2 is 1.94 bits per heavy atom. The summed E-state index contributed by atoms with van der Waals surface area (Å²) in [6.45, 7) is 3.12. The number of ether oxygens (including phenoxy) is 1. The summed E-state index contributed by atoms with van der Waals surface area (Å²) in [6, 6.07) is 16.6. The fraction of sp³-hybridized carbons (Fsp3) is 0.231. The van der Waals surface area contributed by atoms with E-state index in [9.17, 15) is 13.6 Å². The lowest BCUT2D eigenvalue weighted by Gasteiger charge is -2.32. The number of H-pyrrole nitrogens is 1. The van der Waals surface area contributed by atoms with Crippen molar-refractivity contribution in [3.05, 3.63) is 101 Å². The highest BCUT2D eigenvalue weighted by Gasteiger charge is 2.28. The van der Waals surface area contributed by atoms with E-state index in [1.54, 1.807) is 23.1 Å². The Hall–Kier alpha value is -3.58. The van der Waals surface area contributed by atoms with Crippen molar-refractivity contribution in [2.45, 2.75) is 19.4 Å². The van der Waals surface area contributed by atoms with Gasteiger partial charge in [-0.15, -0.1) is 0 Å². The topological polar surface area (TPSA) is 58.2 Å². The minimum absolute atomic E-state index is 0.160. The zero-order valence-corrected chi connectivity index (χ0v) is 18.1. The highest BCUT2D eigenvalue weighted by Crippen LogP contribution is 2.25. The third-order valence-electron chi connectivity index (χ3n) is 5.83. The van der Waals surface area contributed by atoms with E-state index in [0.29, 0.717) is 37.3 Å². The Bertz CT molecular complexity index is 1330. The average Bonchev–Trinajstić information content (AvgIpc) is 3.21. The highest BCUT2D eigenvalue weighted by molar-refractivity contribution is 5.98. The number of benzene rings is 2. The van der Waals surface area contributed by atoms with Crippen LogP contribution in [0.25, 0.3) is 10.9 Å². The molecule has 5 nitrogen and oxygen atoms in total. The van der Waals surface area contributed by atoms with E-state index in [1.807, 2.05) is 25.1 Å². The molecule has 1 atom stereocenters. The highest BCUT2D eigenvalue weighted by atomic mass is 19.1. The minimum atomic E-state index is -0.365. The molecule has 1 N–H and O–H groups in total. The van der Waals surface area contributed by atoms with E-state index in [-0.39, 0.29) is 23.6 Å². The summed E-state index contributed by atoms with van der Waals surface area (Å²) in [7, 11) is 0. The third-order valence-corrected chi connectivity index (χ3v) is 5.83. The van der Waals surface area contributed by atoms with Crippen molar-refractivity contribution in [3.8, 4) is 0 Å². The largest absolute Gasteiger partial charge is 0.368 e. The first-order valence-corrected chi connectivity index (χ1v) is 10.9. The summed E-state index contributed by atoms with van der Waals surface area (Å²) in [4.78, 5) is 22.5. The van der Waals surface area contributed by atoms with Crippen molar-refractivity contribution >= 4 is 16.8 Å². The normalized spacial score (nSPS) is 16.3. The van der Waals surface area contributed by atoms with Gasteiger partial charge in [-0.2, -0.15) is 0 Å². The zero-order valence-electron chi connectivity index (χ0n) is 18.1. The van der Waals surface area contributed by atoms with Crippen molar-refractivity contribution in [2.24, 2.45) is 0 Å². The molecule has 4 aromatic rings. The van der Waals surface area contributed by atoms with Gasteiger partial charge in [-0.3, -0.25) is 9.78 Å². The fourth-order valence-electron chi connectivity index (χ4n) is 4.32. The summed E-state index contributed by atoms with van der Waals surface area (Å²) in [5.41, 5.74) is 4.47. The van der Waals surface area contributed by atoms with Gasteiger partial charge in [0.2, 0.25) is 0 Å². The molecule has 1 amide bonds. The molecule has 7 heteroatoms. The van der Waals surface area contributed by atoms with Gasteiger partial charge < -0.3 is 14.6 Å². The summed E-state index contributed by atoms with van der Waals surface area (Å²) in [6.07, 6.45) is 0.213. The molecule has 1 saturated heterocycles. The monoisotopic (exact) mass is 447 g/mol. The molecule has 3 heterocycles. The molecular formula is C26H23F2N3O2. The second kappa shape index (κ2) is 8.75. The summed E-state index contributed by atoms with van der Waals surface area (Å²) < 4.78 is 33.0. The quantitative estimate of drug-likeness (QED) is 0.481. The molecule has 1 unspecified atom stereocenters. The first kappa shape index (κ1) is 21.3. The van der Waals surface area contributed by atoms with Gasteiger partial charge in [0.05, 0.1) is 18.8 Å². The van der Waals surface area contributed by atoms with Crippen LogP contribution < -0.4 is 0 Å². The van der Waals surface area contributed by atoms with Gasteiger partial charge >= 0.3 is 0 Å². The second-order valence-corrected chi connectivity index (χ2v) is 8.37. The molecular weight excluding hydrogens is 424 g/mol. The summed E-state index contributed by atoms with van der Waals surface area (Å²) >= 11 is 0.